The van der Waals surface area contributed by atoms with E-state index in [1.54, 1.807) is 18.2 Å². The number of aryl methyl sites for hydroxylation is 1. The average Bonchev–Trinajstić information content (AvgIpc) is 2.76. The molecule has 0 aliphatic carbocycles. The second-order valence-corrected chi connectivity index (χ2v) is 7.85. The summed E-state index contributed by atoms with van der Waals surface area (Å²) in [5, 5.41) is 0.270. The zero-order valence-electron chi connectivity index (χ0n) is 11.2. The van der Waals surface area contributed by atoms with Crippen LogP contribution in [0.5, 0.6) is 0 Å². The van der Waals surface area contributed by atoms with Gasteiger partial charge in [-0.15, -0.1) is 0 Å². The Morgan fingerprint density at radius 3 is 2.74 bits per heavy atom. The lowest BCUT2D eigenvalue weighted by molar-refractivity contribution is 0.349. The van der Waals surface area contributed by atoms with Gasteiger partial charge in [0.05, 0.1) is 5.02 Å². The molecule has 1 saturated heterocycles. The smallest absolute Gasteiger partial charge is 0.244 e. The van der Waals surface area contributed by atoms with Crippen molar-refractivity contribution in [1.29, 1.82) is 0 Å². The van der Waals surface area contributed by atoms with Gasteiger partial charge in [-0.25, -0.2) is 8.42 Å². The van der Waals surface area contributed by atoms with Gasteiger partial charge >= 0.3 is 0 Å². The molecule has 1 aliphatic heterocycles. The molecular formula is C13H19ClN2O2S. The van der Waals surface area contributed by atoms with Crippen LogP contribution in [0.3, 0.4) is 0 Å². The maximum Gasteiger partial charge on any atom is 0.244 e. The number of nitrogens with two attached hydrogens (primary N) is 1. The van der Waals surface area contributed by atoms with Crippen LogP contribution in [0.1, 0.15) is 18.9 Å². The fraction of sp³-hybridized carbons (Fsp3) is 0.538. The summed E-state index contributed by atoms with van der Waals surface area (Å²) >= 11 is 6.03. The molecule has 0 saturated carbocycles. The molecule has 0 aromatic heterocycles. The maximum atomic E-state index is 12.6. The van der Waals surface area contributed by atoms with E-state index in [1.165, 1.54) is 4.31 Å². The maximum absolute atomic E-state index is 12.6. The molecule has 0 amide bonds. The highest BCUT2D eigenvalue weighted by molar-refractivity contribution is 7.89. The first-order chi connectivity index (χ1) is 8.78. The Morgan fingerprint density at radius 1 is 1.47 bits per heavy atom. The van der Waals surface area contributed by atoms with Crippen LogP contribution >= 0.6 is 11.6 Å². The second-order valence-electron chi connectivity index (χ2n) is 5.54. The molecule has 4 nitrogen and oxygen atoms in total. The number of nitrogens with zero attached hydrogens (tertiary/aromatic N) is 1. The van der Waals surface area contributed by atoms with Crippen LogP contribution in [0.4, 0.5) is 0 Å². The number of benzene rings is 1. The molecule has 1 aromatic carbocycles. The molecule has 106 valence electrons. The van der Waals surface area contributed by atoms with Crippen LogP contribution in [-0.4, -0.2) is 32.4 Å². The minimum Gasteiger partial charge on any atom is -0.330 e. The summed E-state index contributed by atoms with van der Waals surface area (Å²) in [5.41, 5.74) is 6.46. The molecule has 2 rings (SSSR count). The number of hydrogen-bond acceptors (Lipinski definition) is 3. The molecule has 0 spiro atoms. The summed E-state index contributed by atoms with van der Waals surface area (Å²) in [6, 6.07) is 5.05. The van der Waals surface area contributed by atoms with E-state index in [1.807, 2.05) is 13.8 Å². The van der Waals surface area contributed by atoms with Gasteiger partial charge in [0.25, 0.3) is 0 Å². The lowest BCUT2D eigenvalue weighted by atomic mass is 9.90. The van der Waals surface area contributed by atoms with Crippen LogP contribution in [0.15, 0.2) is 23.1 Å². The van der Waals surface area contributed by atoms with Gasteiger partial charge in [0.15, 0.2) is 0 Å². The molecule has 1 unspecified atom stereocenters. The molecule has 1 aromatic rings. The van der Waals surface area contributed by atoms with Crippen molar-refractivity contribution in [2.24, 2.45) is 11.1 Å². The SMILES string of the molecule is Cc1ccc(Cl)c(S(=O)(=O)N2CCC(C)(CN)C2)c1. The van der Waals surface area contributed by atoms with Crippen LogP contribution in [0, 0.1) is 12.3 Å². The van der Waals surface area contributed by atoms with E-state index in [0.717, 1.165) is 12.0 Å². The van der Waals surface area contributed by atoms with Crippen molar-refractivity contribution in [2.45, 2.75) is 25.2 Å². The lowest BCUT2D eigenvalue weighted by Crippen LogP contribution is -2.34. The third-order valence-electron chi connectivity index (χ3n) is 3.72. The van der Waals surface area contributed by atoms with Crippen molar-refractivity contribution < 1.29 is 8.42 Å². The number of hydrogen-bond donors (Lipinski definition) is 1. The van der Waals surface area contributed by atoms with E-state index < -0.39 is 10.0 Å². The van der Waals surface area contributed by atoms with Crippen molar-refractivity contribution >= 4 is 21.6 Å². The summed E-state index contributed by atoms with van der Waals surface area (Å²) in [7, 11) is -3.53. The Kier molecular flexibility index (Phi) is 3.93. The van der Waals surface area contributed by atoms with E-state index in [4.69, 9.17) is 17.3 Å². The highest BCUT2D eigenvalue weighted by atomic mass is 35.5. The zero-order valence-corrected chi connectivity index (χ0v) is 12.8. The molecule has 1 atom stereocenters. The van der Waals surface area contributed by atoms with E-state index in [0.29, 0.717) is 19.6 Å². The van der Waals surface area contributed by atoms with Crippen molar-refractivity contribution in [3.05, 3.63) is 28.8 Å². The van der Waals surface area contributed by atoms with Gasteiger partial charge in [-0.1, -0.05) is 24.6 Å². The molecule has 1 fully saturated rings. The van der Waals surface area contributed by atoms with Crippen molar-refractivity contribution in [2.75, 3.05) is 19.6 Å². The van der Waals surface area contributed by atoms with Crippen molar-refractivity contribution in [1.82, 2.24) is 4.31 Å². The fourth-order valence-corrected chi connectivity index (χ4v) is 4.45. The molecule has 0 radical (unpaired) electrons. The predicted molar refractivity (Wildman–Crippen MR) is 76.7 cm³/mol. The van der Waals surface area contributed by atoms with E-state index in [9.17, 15) is 8.42 Å². The minimum absolute atomic E-state index is 0.136. The first-order valence-corrected chi connectivity index (χ1v) is 8.07. The summed E-state index contributed by atoms with van der Waals surface area (Å²) in [5.74, 6) is 0. The Morgan fingerprint density at radius 2 is 2.16 bits per heavy atom. The van der Waals surface area contributed by atoms with Crippen LogP contribution in [-0.2, 0) is 10.0 Å². The Labute approximate surface area is 119 Å². The number of rotatable bonds is 3. The summed E-state index contributed by atoms with van der Waals surface area (Å²) in [4.78, 5) is 0.190. The minimum atomic E-state index is -3.53. The Bertz CT molecular complexity index is 588. The molecule has 1 aliphatic rings. The topological polar surface area (TPSA) is 63.4 Å². The summed E-state index contributed by atoms with van der Waals surface area (Å²) in [6.07, 6.45) is 0.784. The molecule has 2 N–H and O–H groups in total. The molecular weight excluding hydrogens is 284 g/mol. The lowest BCUT2D eigenvalue weighted by Gasteiger charge is -2.22. The van der Waals surface area contributed by atoms with Gasteiger partial charge in [-0.2, -0.15) is 4.31 Å². The first-order valence-electron chi connectivity index (χ1n) is 6.25. The highest BCUT2D eigenvalue weighted by Gasteiger charge is 2.39. The Balaban J connectivity index is 2.36. The number of sulfonamides is 1. The largest absolute Gasteiger partial charge is 0.330 e. The van der Waals surface area contributed by atoms with Crippen LogP contribution in [0.2, 0.25) is 5.02 Å². The zero-order chi connectivity index (χ0) is 14.3. The monoisotopic (exact) mass is 302 g/mol. The predicted octanol–water partition coefficient (Wildman–Crippen LogP) is 2.01. The van der Waals surface area contributed by atoms with Gasteiger partial charge in [-0.05, 0) is 43.0 Å². The van der Waals surface area contributed by atoms with Gasteiger partial charge < -0.3 is 5.73 Å². The normalized spacial score (nSPS) is 24.8. The van der Waals surface area contributed by atoms with Crippen LogP contribution in [0.25, 0.3) is 0 Å². The van der Waals surface area contributed by atoms with Gasteiger partial charge in [0.2, 0.25) is 10.0 Å². The molecule has 19 heavy (non-hydrogen) atoms. The highest BCUT2D eigenvalue weighted by Crippen LogP contribution is 2.34. The molecule has 6 heteroatoms. The average molecular weight is 303 g/mol. The molecule has 1 heterocycles. The summed E-state index contributed by atoms with van der Waals surface area (Å²) in [6.45, 7) is 5.31. The fourth-order valence-electron chi connectivity index (χ4n) is 2.30. The van der Waals surface area contributed by atoms with Gasteiger partial charge in [-0.3, -0.25) is 0 Å². The number of halogens is 1. The van der Waals surface area contributed by atoms with Gasteiger partial charge in [0.1, 0.15) is 4.90 Å². The third-order valence-corrected chi connectivity index (χ3v) is 6.05. The van der Waals surface area contributed by atoms with Crippen molar-refractivity contribution in [3.8, 4) is 0 Å². The first kappa shape index (κ1) is 14.8. The summed E-state index contributed by atoms with van der Waals surface area (Å²) < 4.78 is 26.7. The van der Waals surface area contributed by atoms with E-state index in [-0.39, 0.29) is 15.3 Å². The third kappa shape index (κ3) is 2.79. The molecule has 0 bridgehead atoms. The van der Waals surface area contributed by atoms with E-state index in [2.05, 4.69) is 0 Å². The quantitative estimate of drug-likeness (QED) is 0.929. The van der Waals surface area contributed by atoms with Gasteiger partial charge in [0, 0.05) is 13.1 Å². The van der Waals surface area contributed by atoms with Crippen LogP contribution < -0.4 is 5.73 Å². The second kappa shape index (κ2) is 5.05. The Hall–Kier alpha value is -0.620. The van der Waals surface area contributed by atoms with E-state index >= 15 is 0 Å². The standard InChI is InChI=1S/C13H19ClN2O2S/c1-10-3-4-11(14)12(7-10)19(17,18)16-6-5-13(2,8-15)9-16/h3-4,7H,5-6,8-9,15H2,1-2H3. The van der Waals surface area contributed by atoms with Crippen molar-refractivity contribution in [3.63, 3.8) is 0 Å².